The lowest BCUT2D eigenvalue weighted by molar-refractivity contribution is -0.127. The molecule has 1 heterocycles. The first-order valence-electron chi connectivity index (χ1n) is 8.01. The van der Waals surface area contributed by atoms with Crippen LogP contribution < -0.4 is 5.32 Å². The van der Waals surface area contributed by atoms with E-state index in [1.807, 2.05) is 6.92 Å². The lowest BCUT2D eigenvalue weighted by Crippen LogP contribution is -2.36. The number of carbonyl (C=O) groups is 3. The minimum Gasteiger partial charge on any atom is -0.324 e. The zero-order valence-electron chi connectivity index (χ0n) is 14.5. The third-order valence-electron chi connectivity index (χ3n) is 3.87. The summed E-state index contributed by atoms with van der Waals surface area (Å²) < 4.78 is 13.6. The molecule has 0 spiro atoms. The number of nitrogens with one attached hydrogen (secondary N) is 1. The van der Waals surface area contributed by atoms with Gasteiger partial charge in [0.05, 0.1) is 9.38 Å². The second-order valence-corrected chi connectivity index (χ2v) is 8.21. The largest absolute Gasteiger partial charge is 0.324 e. The quantitative estimate of drug-likeness (QED) is 0.605. The zero-order valence-corrected chi connectivity index (χ0v) is 17.6. The van der Waals surface area contributed by atoms with Crippen LogP contribution >= 0.6 is 39.3 Å². The SMILES string of the molecule is Cc1ccc(NC(=O)CN2C(=O)S/C(=C/c3ccc(F)c(Br)c3)C2=O)cc1Cl. The van der Waals surface area contributed by atoms with E-state index in [0.717, 1.165) is 22.2 Å². The van der Waals surface area contributed by atoms with Gasteiger partial charge in [-0.3, -0.25) is 19.3 Å². The Kier molecular flexibility index (Phi) is 6.22. The number of halogens is 3. The van der Waals surface area contributed by atoms with Crippen LogP contribution in [0.2, 0.25) is 5.02 Å². The molecule has 0 radical (unpaired) electrons. The number of amides is 3. The van der Waals surface area contributed by atoms with Crippen molar-refractivity contribution in [3.8, 4) is 0 Å². The summed E-state index contributed by atoms with van der Waals surface area (Å²) in [5.74, 6) is -1.53. The van der Waals surface area contributed by atoms with E-state index in [2.05, 4.69) is 21.2 Å². The molecule has 0 saturated carbocycles. The Morgan fingerprint density at radius 3 is 2.71 bits per heavy atom. The van der Waals surface area contributed by atoms with E-state index in [-0.39, 0.29) is 9.38 Å². The lowest BCUT2D eigenvalue weighted by atomic mass is 10.2. The molecule has 144 valence electrons. The fourth-order valence-corrected chi connectivity index (χ4v) is 3.82. The molecule has 0 bridgehead atoms. The van der Waals surface area contributed by atoms with E-state index in [1.165, 1.54) is 24.3 Å². The van der Waals surface area contributed by atoms with Crippen LogP contribution in [0.4, 0.5) is 14.9 Å². The Balaban J connectivity index is 1.70. The van der Waals surface area contributed by atoms with Crippen molar-refractivity contribution < 1.29 is 18.8 Å². The number of thioether (sulfide) groups is 1. The Morgan fingerprint density at radius 1 is 1.29 bits per heavy atom. The number of hydrogen-bond acceptors (Lipinski definition) is 4. The first-order chi connectivity index (χ1) is 13.2. The maximum Gasteiger partial charge on any atom is 0.294 e. The predicted octanol–water partition coefficient (Wildman–Crippen LogP) is 5.23. The first-order valence-corrected chi connectivity index (χ1v) is 10.00. The zero-order chi connectivity index (χ0) is 20.4. The molecular formula is C19H13BrClFN2O3S. The molecule has 0 aromatic heterocycles. The van der Waals surface area contributed by atoms with Gasteiger partial charge in [-0.1, -0.05) is 23.7 Å². The fourth-order valence-electron chi connectivity index (χ4n) is 2.40. The van der Waals surface area contributed by atoms with Gasteiger partial charge in [-0.05, 0) is 76.1 Å². The van der Waals surface area contributed by atoms with Gasteiger partial charge in [-0.2, -0.15) is 0 Å². The van der Waals surface area contributed by atoms with Gasteiger partial charge in [-0.15, -0.1) is 0 Å². The highest BCUT2D eigenvalue weighted by molar-refractivity contribution is 9.10. The number of imide groups is 1. The van der Waals surface area contributed by atoms with Crippen molar-refractivity contribution in [2.75, 3.05) is 11.9 Å². The van der Waals surface area contributed by atoms with E-state index >= 15 is 0 Å². The minimum atomic E-state index is -0.576. The molecule has 2 aromatic carbocycles. The summed E-state index contributed by atoms with van der Waals surface area (Å²) in [6, 6.07) is 9.26. The van der Waals surface area contributed by atoms with Gasteiger partial charge in [0.2, 0.25) is 5.91 Å². The summed E-state index contributed by atoms with van der Waals surface area (Å²) in [4.78, 5) is 37.9. The fraction of sp³-hybridized carbons (Fsp3) is 0.105. The van der Waals surface area contributed by atoms with Crippen molar-refractivity contribution in [2.24, 2.45) is 0 Å². The molecule has 0 aliphatic carbocycles. The van der Waals surface area contributed by atoms with E-state index in [4.69, 9.17) is 11.6 Å². The maximum absolute atomic E-state index is 13.3. The summed E-state index contributed by atoms with van der Waals surface area (Å²) in [5.41, 5.74) is 1.89. The molecule has 9 heteroatoms. The predicted molar refractivity (Wildman–Crippen MR) is 112 cm³/mol. The monoisotopic (exact) mass is 482 g/mol. The molecule has 1 N–H and O–H groups in total. The van der Waals surface area contributed by atoms with Gasteiger partial charge in [-0.25, -0.2) is 4.39 Å². The summed E-state index contributed by atoms with van der Waals surface area (Å²) in [5, 5.41) is 2.56. The Bertz CT molecular complexity index is 1030. The van der Waals surface area contributed by atoms with Crippen molar-refractivity contribution in [1.82, 2.24) is 4.90 Å². The molecular weight excluding hydrogens is 471 g/mol. The van der Waals surface area contributed by atoms with Crippen LogP contribution in [-0.2, 0) is 9.59 Å². The molecule has 28 heavy (non-hydrogen) atoms. The topological polar surface area (TPSA) is 66.5 Å². The number of carbonyl (C=O) groups excluding carboxylic acids is 3. The van der Waals surface area contributed by atoms with Crippen molar-refractivity contribution in [3.63, 3.8) is 0 Å². The number of aryl methyl sites for hydroxylation is 1. The van der Waals surface area contributed by atoms with Crippen LogP contribution in [0.15, 0.2) is 45.8 Å². The number of nitrogens with zero attached hydrogens (tertiary/aromatic N) is 1. The van der Waals surface area contributed by atoms with Crippen molar-refractivity contribution in [1.29, 1.82) is 0 Å². The van der Waals surface area contributed by atoms with Crippen LogP contribution in [0.3, 0.4) is 0 Å². The minimum absolute atomic E-state index is 0.162. The van der Waals surface area contributed by atoms with Crippen LogP contribution in [0.25, 0.3) is 6.08 Å². The summed E-state index contributed by atoms with van der Waals surface area (Å²) in [6.07, 6.45) is 1.48. The average Bonchev–Trinajstić information content (AvgIpc) is 2.89. The summed E-state index contributed by atoms with van der Waals surface area (Å²) >= 11 is 9.82. The van der Waals surface area contributed by atoms with Crippen LogP contribution in [-0.4, -0.2) is 28.5 Å². The summed E-state index contributed by atoms with van der Waals surface area (Å²) in [6.45, 7) is 1.42. The highest BCUT2D eigenvalue weighted by atomic mass is 79.9. The third kappa shape index (κ3) is 4.63. The molecule has 5 nitrogen and oxygen atoms in total. The smallest absolute Gasteiger partial charge is 0.294 e. The normalized spacial score (nSPS) is 15.4. The highest BCUT2D eigenvalue weighted by Crippen LogP contribution is 2.32. The van der Waals surface area contributed by atoms with E-state index in [0.29, 0.717) is 16.3 Å². The molecule has 3 amide bonds. The van der Waals surface area contributed by atoms with E-state index < -0.39 is 29.4 Å². The second-order valence-electron chi connectivity index (χ2n) is 5.95. The van der Waals surface area contributed by atoms with Gasteiger partial charge >= 0.3 is 0 Å². The van der Waals surface area contributed by atoms with Crippen LogP contribution in [0.5, 0.6) is 0 Å². The summed E-state index contributed by atoms with van der Waals surface area (Å²) in [7, 11) is 0. The van der Waals surface area contributed by atoms with E-state index in [1.54, 1.807) is 18.2 Å². The average molecular weight is 484 g/mol. The molecule has 3 rings (SSSR count). The Morgan fingerprint density at radius 2 is 2.04 bits per heavy atom. The molecule has 1 aliphatic rings. The van der Waals surface area contributed by atoms with Gasteiger partial charge < -0.3 is 5.32 Å². The number of rotatable bonds is 4. The number of anilines is 1. The molecule has 1 fully saturated rings. The molecule has 2 aromatic rings. The van der Waals surface area contributed by atoms with Gasteiger partial charge in [0.15, 0.2) is 0 Å². The highest BCUT2D eigenvalue weighted by Gasteiger charge is 2.36. The molecule has 1 saturated heterocycles. The number of benzene rings is 2. The van der Waals surface area contributed by atoms with Crippen molar-refractivity contribution in [2.45, 2.75) is 6.92 Å². The number of hydrogen-bond donors (Lipinski definition) is 1. The second kappa shape index (κ2) is 8.46. The molecule has 0 unspecified atom stereocenters. The molecule has 1 aliphatic heterocycles. The standard InChI is InChI=1S/C19H13BrClFN2O3S/c1-10-2-4-12(8-14(10)21)23-17(25)9-24-18(26)16(28-19(24)27)7-11-3-5-15(22)13(20)6-11/h2-8H,9H2,1H3,(H,23,25)/b16-7+. The van der Waals surface area contributed by atoms with E-state index in [9.17, 15) is 18.8 Å². The third-order valence-corrected chi connectivity index (χ3v) is 5.79. The Labute approximate surface area is 178 Å². The van der Waals surface area contributed by atoms with Crippen molar-refractivity contribution >= 4 is 68.1 Å². The van der Waals surface area contributed by atoms with Gasteiger partial charge in [0, 0.05) is 10.7 Å². The van der Waals surface area contributed by atoms with Crippen LogP contribution in [0, 0.1) is 12.7 Å². The lowest BCUT2D eigenvalue weighted by Gasteiger charge is -2.13. The van der Waals surface area contributed by atoms with Crippen LogP contribution in [0.1, 0.15) is 11.1 Å². The first kappa shape index (κ1) is 20.6. The van der Waals surface area contributed by atoms with Gasteiger partial charge in [0.25, 0.3) is 11.1 Å². The van der Waals surface area contributed by atoms with Crippen molar-refractivity contribution in [3.05, 3.63) is 67.7 Å². The maximum atomic E-state index is 13.3. The van der Waals surface area contributed by atoms with Gasteiger partial charge in [0.1, 0.15) is 12.4 Å². The Hall–Kier alpha value is -2.16. The molecule has 0 atom stereocenters.